The quantitative estimate of drug-likeness (QED) is 0.335. The van der Waals surface area contributed by atoms with E-state index >= 15 is 0 Å². The molecule has 0 aliphatic heterocycles. The van der Waals surface area contributed by atoms with E-state index in [1.165, 1.54) is 25.6 Å². The summed E-state index contributed by atoms with van der Waals surface area (Å²) in [6.07, 6.45) is 4.61. The van der Waals surface area contributed by atoms with E-state index < -0.39 is 22.5 Å². The number of carbonyl (C=O) groups is 1. The van der Waals surface area contributed by atoms with Gasteiger partial charge in [-0.25, -0.2) is 14.4 Å². The van der Waals surface area contributed by atoms with Crippen LogP contribution >= 0.6 is 15.9 Å². The van der Waals surface area contributed by atoms with E-state index in [2.05, 4.69) is 35.9 Å². The van der Waals surface area contributed by atoms with Gasteiger partial charge in [-0.1, -0.05) is 6.07 Å². The Kier molecular flexibility index (Phi) is 7.62. The summed E-state index contributed by atoms with van der Waals surface area (Å²) >= 11 is 3.17. The topological polar surface area (TPSA) is 135 Å². The van der Waals surface area contributed by atoms with Gasteiger partial charge in [0.1, 0.15) is 24.1 Å². The van der Waals surface area contributed by atoms with Gasteiger partial charge in [-0.3, -0.25) is 8.98 Å². The number of rotatable bonds is 9. The maximum Gasteiger partial charge on any atom is 0.335 e. The van der Waals surface area contributed by atoms with Gasteiger partial charge < -0.3 is 15.0 Å². The minimum absolute atomic E-state index is 0.198. The van der Waals surface area contributed by atoms with E-state index in [0.717, 1.165) is 5.56 Å². The fraction of sp³-hybridized carbons (Fsp3) is 0.318. The molecule has 0 bridgehead atoms. The van der Waals surface area contributed by atoms with Crippen LogP contribution < -0.4 is 10.0 Å². The number of hydrogen-bond donors (Lipinski definition) is 3. The Labute approximate surface area is 209 Å². The number of halogens is 2. The van der Waals surface area contributed by atoms with E-state index in [9.17, 15) is 22.7 Å². The first-order valence-corrected chi connectivity index (χ1v) is 12.9. The second-order valence-corrected chi connectivity index (χ2v) is 10.5. The molecule has 4 rings (SSSR count). The maximum absolute atomic E-state index is 13.5. The normalized spacial score (nSPS) is 20.2. The lowest BCUT2D eigenvalue weighted by atomic mass is 10.1. The fourth-order valence-electron chi connectivity index (χ4n) is 3.89. The third kappa shape index (κ3) is 6.11. The van der Waals surface area contributed by atoms with Crippen molar-refractivity contribution in [3.05, 3.63) is 76.2 Å². The Balaban J connectivity index is 1.46. The number of ketones is 1. The zero-order chi connectivity index (χ0) is 25.2. The Morgan fingerprint density at radius 1 is 1.34 bits per heavy atom. The number of aromatic nitrogens is 3. The first-order chi connectivity index (χ1) is 16.6. The molecule has 186 valence electrons. The molecular formula is C22H23BrFN5O5S. The van der Waals surface area contributed by atoms with Crippen LogP contribution in [0.25, 0.3) is 0 Å². The van der Waals surface area contributed by atoms with Crippen molar-refractivity contribution >= 4 is 37.8 Å². The van der Waals surface area contributed by atoms with Gasteiger partial charge in [-0.2, -0.15) is 13.1 Å². The SMILES string of the molecule is CNS(=O)(=O)O[C@@H]1C[C@H](Nc2ncncc2C(=O)c2ccn(Cc3ccc(F)c(Br)c3)c2)C[C@@H]1O. The molecule has 10 nitrogen and oxygen atoms in total. The molecule has 35 heavy (non-hydrogen) atoms. The van der Waals surface area contributed by atoms with Crippen molar-refractivity contribution in [2.45, 2.75) is 37.6 Å². The van der Waals surface area contributed by atoms with Crippen LogP contribution in [0.3, 0.4) is 0 Å². The van der Waals surface area contributed by atoms with Gasteiger partial charge in [0.05, 0.1) is 16.1 Å². The predicted molar refractivity (Wildman–Crippen MR) is 129 cm³/mol. The molecule has 3 aromatic rings. The molecule has 1 saturated carbocycles. The second kappa shape index (κ2) is 10.5. The number of nitrogens with zero attached hydrogens (tertiary/aromatic N) is 3. The second-order valence-electron chi connectivity index (χ2n) is 8.11. The number of hydrogen-bond acceptors (Lipinski definition) is 8. The van der Waals surface area contributed by atoms with Crippen molar-refractivity contribution in [3.8, 4) is 0 Å². The van der Waals surface area contributed by atoms with Gasteiger partial charge in [0.25, 0.3) is 0 Å². The van der Waals surface area contributed by atoms with Crippen molar-refractivity contribution in [1.29, 1.82) is 0 Å². The molecule has 2 heterocycles. The lowest BCUT2D eigenvalue weighted by Gasteiger charge is -2.15. The number of anilines is 1. The number of aliphatic hydroxyl groups excluding tert-OH is 1. The highest BCUT2D eigenvalue weighted by atomic mass is 79.9. The minimum atomic E-state index is -3.96. The van der Waals surface area contributed by atoms with Crippen LogP contribution in [-0.2, 0) is 21.0 Å². The fourth-order valence-corrected chi connectivity index (χ4v) is 4.95. The zero-order valence-electron chi connectivity index (χ0n) is 18.6. The summed E-state index contributed by atoms with van der Waals surface area (Å²) in [5.74, 6) is -0.386. The third-order valence-electron chi connectivity index (χ3n) is 5.63. The Morgan fingerprint density at radius 3 is 2.89 bits per heavy atom. The first kappa shape index (κ1) is 25.4. The number of benzene rings is 1. The van der Waals surface area contributed by atoms with E-state index in [4.69, 9.17) is 4.18 Å². The Bertz CT molecular complexity index is 1340. The average molecular weight is 568 g/mol. The molecular weight excluding hydrogens is 545 g/mol. The predicted octanol–water partition coefficient (Wildman–Crippen LogP) is 2.24. The summed E-state index contributed by atoms with van der Waals surface area (Å²) in [7, 11) is -2.74. The molecule has 3 atom stereocenters. The van der Waals surface area contributed by atoms with Crippen LogP contribution in [-0.4, -0.2) is 59.1 Å². The summed E-state index contributed by atoms with van der Waals surface area (Å²) < 4.78 is 46.0. The van der Waals surface area contributed by atoms with E-state index in [0.29, 0.717) is 16.6 Å². The van der Waals surface area contributed by atoms with Crippen LogP contribution in [0, 0.1) is 5.82 Å². The molecule has 0 saturated heterocycles. The van der Waals surface area contributed by atoms with Crippen LogP contribution in [0.2, 0.25) is 0 Å². The summed E-state index contributed by atoms with van der Waals surface area (Å²) in [6, 6.07) is 6.02. The monoisotopic (exact) mass is 567 g/mol. The maximum atomic E-state index is 13.5. The highest BCUT2D eigenvalue weighted by Crippen LogP contribution is 2.28. The number of nitrogens with one attached hydrogen (secondary N) is 2. The van der Waals surface area contributed by atoms with E-state index in [1.54, 1.807) is 35.2 Å². The molecule has 2 aromatic heterocycles. The number of carbonyl (C=O) groups excluding carboxylic acids is 1. The van der Waals surface area contributed by atoms with Crippen LogP contribution in [0.1, 0.15) is 34.3 Å². The van der Waals surface area contributed by atoms with Crippen LogP contribution in [0.15, 0.2) is 53.7 Å². The molecule has 0 spiro atoms. The standard InChI is InChI=1S/C22H23BrFN5O5S/c1-25-35(32,33)34-20-8-15(7-19(20)30)28-22-16(9-26-12-27-22)21(31)14-4-5-29(11-14)10-13-2-3-18(24)17(23)6-13/h2-6,9,11-12,15,19-20,25,30H,7-8,10H2,1H3,(H,26,27,28)/t15-,19+,20-/m1/s1. The Hall–Kier alpha value is -2.71. The van der Waals surface area contributed by atoms with Gasteiger partial charge in [-0.15, -0.1) is 0 Å². The van der Waals surface area contributed by atoms with Crippen molar-refractivity contribution in [1.82, 2.24) is 19.3 Å². The summed E-state index contributed by atoms with van der Waals surface area (Å²) in [6.45, 7) is 0.444. The first-order valence-electron chi connectivity index (χ1n) is 10.7. The van der Waals surface area contributed by atoms with Crippen LogP contribution in [0.4, 0.5) is 10.2 Å². The Morgan fingerprint density at radius 2 is 2.14 bits per heavy atom. The van der Waals surface area contributed by atoms with Crippen molar-refractivity contribution in [2.75, 3.05) is 12.4 Å². The van der Waals surface area contributed by atoms with Gasteiger partial charge in [-0.05, 0) is 52.5 Å². The molecule has 3 N–H and O–H groups in total. The van der Waals surface area contributed by atoms with Crippen LogP contribution in [0.5, 0.6) is 0 Å². The summed E-state index contributed by atoms with van der Waals surface area (Å²) in [4.78, 5) is 21.4. The van der Waals surface area contributed by atoms with E-state index in [1.807, 2.05) is 0 Å². The molecule has 0 radical (unpaired) electrons. The van der Waals surface area contributed by atoms with Gasteiger partial charge in [0, 0.05) is 43.8 Å². The van der Waals surface area contributed by atoms with Gasteiger partial charge >= 0.3 is 10.3 Å². The van der Waals surface area contributed by atoms with Crippen molar-refractivity contribution in [3.63, 3.8) is 0 Å². The molecule has 1 aromatic carbocycles. The highest BCUT2D eigenvalue weighted by Gasteiger charge is 2.37. The minimum Gasteiger partial charge on any atom is -0.390 e. The number of aliphatic hydroxyl groups is 1. The smallest absolute Gasteiger partial charge is 0.335 e. The van der Waals surface area contributed by atoms with Crippen molar-refractivity contribution in [2.24, 2.45) is 0 Å². The van der Waals surface area contributed by atoms with Crippen molar-refractivity contribution < 1.29 is 26.9 Å². The molecule has 0 unspecified atom stereocenters. The molecule has 1 aliphatic carbocycles. The van der Waals surface area contributed by atoms with E-state index in [-0.39, 0.29) is 41.9 Å². The molecule has 1 fully saturated rings. The summed E-state index contributed by atoms with van der Waals surface area (Å²) in [5.41, 5.74) is 1.50. The molecule has 1 aliphatic rings. The lowest BCUT2D eigenvalue weighted by Crippen LogP contribution is -2.31. The summed E-state index contributed by atoms with van der Waals surface area (Å²) in [5, 5.41) is 13.3. The van der Waals surface area contributed by atoms with Gasteiger partial charge in [0.15, 0.2) is 5.78 Å². The van der Waals surface area contributed by atoms with Gasteiger partial charge in [0.2, 0.25) is 0 Å². The third-order valence-corrected chi connectivity index (χ3v) is 7.24. The zero-order valence-corrected chi connectivity index (χ0v) is 21.0. The molecule has 13 heteroatoms. The largest absolute Gasteiger partial charge is 0.390 e. The highest BCUT2D eigenvalue weighted by molar-refractivity contribution is 9.10. The molecule has 0 amide bonds. The lowest BCUT2D eigenvalue weighted by molar-refractivity contribution is 0.0636. The average Bonchev–Trinajstić information content (AvgIpc) is 3.42.